The van der Waals surface area contributed by atoms with Crippen LogP contribution in [0, 0.1) is 0 Å². The molecular formula is C13H9Br2NOS. The van der Waals surface area contributed by atoms with Crippen molar-refractivity contribution in [3.63, 3.8) is 0 Å². The van der Waals surface area contributed by atoms with Gasteiger partial charge in [0.05, 0.1) is 4.47 Å². The van der Waals surface area contributed by atoms with E-state index in [9.17, 15) is 4.79 Å². The highest BCUT2D eigenvalue weighted by atomic mass is 79.9. The second kappa shape index (κ2) is 5.99. The Balaban J connectivity index is 2.41. The summed E-state index contributed by atoms with van der Waals surface area (Å²) in [5.74, 6) is 0.0471. The van der Waals surface area contributed by atoms with Crippen molar-refractivity contribution in [3.05, 3.63) is 51.0 Å². The van der Waals surface area contributed by atoms with Gasteiger partial charge in [0.15, 0.2) is 5.78 Å². The molecule has 0 atom stereocenters. The van der Waals surface area contributed by atoms with Gasteiger partial charge in [0.1, 0.15) is 5.03 Å². The maximum Gasteiger partial charge on any atom is 0.160 e. The molecule has 0 aliphatic heterocycles. The monoisotopic (exact) mass is 385 g/mol. The number of Topliss-reactive ketones (excluding diaryl/α,β-unsaturated/α-hetero) is 1. The normalized spacial score (nSPS) is 10.4. The molecule has 0 spiro atoms. The third kappa shape index (κ3) is 3.22. The Kier molecular flexibility index (Phi) is 4.59. The fourth-order valence-electron chi connectivity index (χ4n) is 1.42. The van der Waals surface area contributed by atoms with Crippen molar-refractivity contribution < 1.29 is 4.79 Å². The smallest absolute Gasteiger partial charge is 0.160 e. The van der Waals surface area contributed by atoms with E-state index in [2.05, 4.69) is 36.8 Å². The minimum absolute atomic E-state index is 0.0471. The van der Waals surface area contributed by atoms with Gasteiger partial charge < -0.3 is 0 Å². The first-order chi connectivity index (χ1) is 8.58. The van der Waals surface area contributed by atoms with Gasteiger partial charge in [-0.15, -0.1) is 0 Å². The zero-order valence-corrected chi connectivity index (χ0v) is 13.5. The molecule has 18 heavy (non-hydrogen) atoms. The van der Waals surface area contributed by atoms with Gasteiger partial charge in [-0.2, -0.15) is 0 Å². The summed E-state index contributed by atoms with van der Waals surface area (Å²) in [7, 11) is 0. The maximum atomic E-state index is 11.6. The summed E-state index contributed by atoms with van der Waals surface area (Å²) in [5.41, 5.74) is 0.701. The van der Waals surface area contributed by atoms with E-state index in [0.717, 1.165) is 18.9 Å². The van der Waals surface area contributed by atoms with Crippen LogP contribution in [0.15, 0.2) is 55.4 Å². The third-order valence-corrected chi connectivity index (χ3v) is 4.74. The molecule has 0 fully saturated rings. The zero-order chi connectivity index (χ0) is 13.1. The summed E-state index contributed by atoms with van der Waals surface area (Å²) >= 11 is 8.31. The highest BCUT2D eigenvalue weighted by molar-refractivity contribution is 9.10. The minimum Gasteiger partial charge on any atom is -0.294 e. The lowest BCUT2D eigenvalue weighted by Gasteiger charge is -2.07. The number of carbonyl (C=O) groups is 1. The Morgan fingerprint density at radius 3 is 2.72 bits per heavy atom. The lowest BCUT2D eigenvalue weighted by Crippen LogP contribution is -1.95. The largest absolute Gasteiger partial charge is 0.294 e. The molecule has 1 aromatic carbocycles. The van der Waals surface area contributed by atoms with E-state index in [4.69, 9.17) is 0 Å². The number of pyridine rings is 1. The SMILES string of the molecule is CC(=O)c1cc(Br)ccc1Sc1ncccc1Br. The summed E-state index contributed by atoms with van der Waals surface area (Å²) in [6.45, 7) is 1.57. The summed E-state index contributed by atoms with van der Waals surface area (Å²) in [5, 5.41) is 0.849. The molecule has 1 heterocycles. The molecule has 0 aliphatic rings. The molecule has 2 rings (SSSR count). The van der Waals surface area contributed by atoms with Crippen LogP contribution >= 0.6 is 43.6 Å². The molecule has 0 aliphatic carbocycles. The number of hydrogen-bond acceptors (Lipinski definition) is 3. The van der Waals surface area contributed by atoms with Gasteiger partial charge in [0.2, 0.25) is 0 Å². The summed E-state index contributed by atoms with van der Waals surface area (Å²) < 4.78 is 1.82. The molecule has 0 unspecified atom stereocenters. The van der Waals surface area contributed by atoms with E-state index < -0.39 is 0 Å². The quantitative estimate of drug-likeness (QED) is 0.698. The van der Waals surface area contributed by atoms with E-state index >= 15 is 0 Å². The van der Waals surface area contributed by atoms with Gasteiger partial charge >= 0.3 is 0 Å². The van der Waals surface area contributed by atoms with Crippen LogP contribution in [-0.2, 0) is 0 Å². The van der Waals surface area contributed by atoms with Crippen LogP contribution in [0.3, 0.4) is 0 Å². The molecule has 2 aromatic rings. The lowest BCUT2D eigenvalue weighted by molar-refractivity contribution is 0.101. The average molecular weight is 387 g/mol. The molecule has 0 bridgehead atoms. The Hall–Kier alpha value is -0.650. The highest BCUT2D eigenvalue weighted by Gasteiger charge is 2.11. The second-order valence-electron chi connectivity index (χ2n) is 3.59. The van der Waals surface area contributed by atoms with Crippen molar-refractivity contribution in [2.45, 2.75) is 16.8 Å². The van der Waals surface area contributed by atoms with Gasteiger partial charge in [-0.3, -0.25) is 4.79 Å². The molecular weight excluding hydrogens is 378 g/mol. The number of nitrogens with zero attached hydrogens (tertiary/aromatic N) is 1. The molecule has 0 saturated heterocycles. The van der Waals surface area contributed by atoms with Gasteiger partial charge in [-0.1, -0.05) is 27.7 Å². The standard InChI is InChI=1S/C13H9Br2NOS/c1-8(17)10-7-9(14)4-5-12(10)18-13-11(15)3-2-6-16-13/h2-7H,1H3. The summed E-state index contributed by atoms with van der Waals surface area (Å²) in [6.07, 6.45) is 1.74. The first-order valence-electron chi connectivity index (χ1n) is 5.17. The predicted molar refractivity (Wildman–Crippen MR) is 80.2 cm³/mol. The van der Waals surface area contributed by atoms with Crippen molar-refractivity contribution in [2.75, 3.05) is 0 Å². The van der Waals surface area contributed by atoms with Gasteiger partial charge in [-0.25, -0.2) is 4.98 Å². The number of benzene rings is 1. The van der Waals surface area contributed by atoms with E-state index in [0.29, 0.717) is 5.56 Å². The van der Waals surface area contributed by atoms with Gasteiger partial charge in [0.25, 0.3) is 0 Å². The minimum atomic E-state index is 0.0471. The Morgan fingerprint density at radius 2 is 2.06 bits per heavy atom. The zero-order valence-electron chi connectivity index (χ0n) is 9.48. The van der Waals surface area contributed by atoms with Crippen LogP contribution in [0.2, 0.25) is 0 Å². The molecule has 0 saturated carbocycles. The number of hydrogen-bond donors (Lipinski definition) is 0. The fraction of sp³-hybridized carbons (Fsp3) is 0.0769. The Labute approximate surface area is 126 Å². The molecule has 1 aromatic heterocycles. The topological polar surface area (TPSA) is 30.0 Å². The van der Waals surface area contributed by atoms with Crippen molar-refractivity contribution in [2.24, 2.45) is 0 Å². The van der Waals surface area contributed by atoms with Crippen LogP contribution in [0.1, 0.15) is 17.3 Å². The highest BCUT2D eigenvalue weighted by Crippen LogP contribution is 2.34. The van der Waals surface area contributed by atoms with E-state index in [1.807, 2.05) is 30.3 Å². The molecule has 0 radical (unpaired) electrons. The van der Waals surface area contributed by atoms with Crippen LogP contribution in [0.4, 0.5) is 0 Å². The molecule has 92 valence electrons. The number of carbonyl (C=O) groups excluding carboxylic acids is 1. The molecule has 2 nitrogen and oxygen atoms in total. The van der Waals surface area contributed by atoms with Crippen LogP contribution < -0.4 is 0 Å². The fourth-order valence-corrected chi connectivity index (χ4v) is 3.21. The van der Waals surface area contributed by atoms with Crippen molar-refractivity contribution in [3.8, 4) is 0 Å². The van der Waals surface area contributed by atoms with Crippen LogP contribution in [0.5, 0.6) is 0 Å². The van der Waals surface area contributed by atoms with Crippen molar-refractivity contribution >= 4 is 49.4 Å². The van der Waals surface area contributed by atoms with E-state index in [-0.39, 0.29) is 5.78 Å². The van der Waals surface area contributed by atoms with Gasteiger partial charge in [-0.05, 0) is 53.2 Å². The van der Waals surface area contributed by atoms with Crippen molar-refractivity contribution in [1.29, 1.82) is 0 Å². The number of rotatable bonds is 3. The van der Waals surface area contributed by atoms with Crippen molar-refractivity contribution in [1.82, 2.24) is 4.98 Å². The molecule has 0 N–H and O–H groups in total. The van der Waals surface area contributed by atoms with Crippen LogP contribution in [0.25, 0.3) is 0 Å². The Morgan fingerprint density at radius 1 is 1.28 bits per heavy atom. The van der Waals surface area contributed by atoms with Gasteiger partial charge in [0, 0.05) is 21.1 Å². The first kappa shape index (κ1) is 13.8. The molecule has 5 heteroatoms. The predicted octanol–water partition coefficient (Wildman–Crippen LogP) is 4.96. The second-order valence-corrected chi connectivity index (χ2v) is 6.39. The van der Waals surface area contributed by atoms with Crippen LogP contribution in [-0.4, -0.2) is 10.8 Å². The average Bonchev–Trinajstić information content (AvgIpc) is 2.34. The number of aromatic nitrogens is 1. The van der Waals surface area contributed by atoms with E-state index in [1.54, 1.807) is 13.1 Å². The number of halogens is 2. The summed E-state index contributed by atoms with van der Waals surface area (Å²) in [4.78, 5) is 16.8. The van der Waals surface area contributed by atoms with E-state index in [1.165, 1.54) is 11.8 Å². The molecule has 0 amide bonds. The lowest BCUT2D eigenvalue weighted by atomic mass is 10.1. The number of ketones is 1. The Bertz CT molecular complexity index is 601. The third-order valence-electron chi connectivity index (χ3n) is 2.25. The first-order valence-corrected chi connectivity index (χ1v) is 7.57. The summed E-state index contributed by atoms with van der Waals surface area (Å²) in [6, 6.07) is 9.48. The maximum absolute atomic E-state index is 11.6.